The van der Waals surface area contributed by atoms with Gasteiger partial charge in [0.25, 0.3) is 0 Å². The van der Waals surface area contributed by atoms with Gasteiger partial charge in [-0.1, -0.05) is 54.6 Å². The molecular weight excluding hydrogens is 343 g/mol. The first-order chi connectivity index (χ1) is 13.4. The lowest BCUT2D eigenvalue weighted by Crippen LogP contribution is -2.46. The second-order valence-corrected chi connectivity index (χ2v) is 12.0. The maximum Gasteiger partial charge on any atom is 0.115 e. The first-order valence-electron chi connectivity index (χ1n) is 10.4. The van der Waals surface area contributed by atoms with E-state index in [2.05, 4.69) is 91.0 Å². The van der Waals surface area contributed by atoms with Crippen LogP contribution in [0.1, 0.15) is 32.1 Å². The molecule has 0 aliphatic heterocycles. The Bertz CT molecular complexity index is 767. The van der Waals surface area contributed by atoms with Crippen molar-refractivity contribution in [1.82, 2.24) is 0 Å². The van der Waals surface area contributed by atoms with Gasteiger partial charge in [-0.05, 0) is 80.3 Å². The van der Waals surface area contributed by atoms with Crippen LogP contribution in [0.5, 0.6) is 0 Å². The molecule has 136 valence electrons. The van der Waals surface area contributed by atoms with Crippen molar-refractivity contribution < 1.29 is 0 Å². The first kappa shape index (κ1) is 17.2. The molecule has 1 atom stereocenters. The minimum atomic E-state index is -1.67. The van der Waals surface area contributed by atoms with Gasteiger partial charge in [-0.2, -0.15) is 0 Å². The van der Waals surface area contributed by atoms with Crippen LogP contribution in [0.15, 0.2) is 91.0 Å². The highest BCUT2D eigenvalue weighted by molar-refractivity contribution is 7.96. The molecule has 0 N–H and O–H groups in total. The van der Waals surface area contributed by atoms with Crippen molar-refractivity contribution in [2.24, 2.45) is 11.8 Å². The van der Waals surface area contributed by atoms with Crippen molar-refractivity contribution in [2.45, 2.75) is 37.8 Å². The minimum Gasteiger partial charge on any atom is -0.0620 e. The Hall–Kier alpha value is -1.91. The van der Waals surface area contributed by atoms with Crippen molar-refractivity contribution in [1.29, 1.82) is 0 Å². The zero-order chi connectivity index (χ0) is 18.1. The summed E-state index contributed by atoms with van der Waals surface area (Å²) in [6.45, 7) is 0. The second kappa shape index (κ2) is 7.25. The molecule has 1 unspecified atom stereocenters. The Morgan fingerprint density at radius 1 is 0.519 bits per heavy atom. The summed E-state index contributed by atoms with van der Waals surface area (Å²) in [5.74, 6) is 1.82. The topological polar surface area (TPSA) is 0 Å². The zero-order valence-electron chi connectivity index (χ0n) is 15.9. The predicted octanol–water partition coefficient (Wildman–Crippen LogP) is 5.56. The van der Waals surface area contributed by atoms with E-state index in [0.29, 0.717) is 0 Å². The molecule has 0 spiro atoms. The van der Waals surface area contributed by atoms with Gasteiger partial charge in [0.05, 0.1) is 5.66 Å². The first-order valence-corrected chi connectivity index (χ1v) is 12.3. The standard InChI is InChI=1S/C26H28P/c1-4-10-23(11-5-1)27(24-12-6-2-7-13-24,25-14-8-3-9-15-25)26-20-21-16-18-22(26)19-17-21/h1-15,21-22,26H,16-20H2/q+1. The Balaban J connectivity index is 1.80. The molecule has 0 amide bonds. The smallest absolute Gasteiger partial charge is 0.0620 e. The Kier molecular flexibility index (Phi) is 4.62. The quantitative estimate of drug-likeness (QED) is 0.527. The van der Waals surface area contributed by atoms with Crippen LogP contribution in [0.25, 0.3) is 0 Å². The van der Waals surface area contributed by atoms with Gasteiger partial charge in [0, 0.05) is 0 Å². The molecule has 3 aliphatic rings. The fourth-order valence-electron chi connectivity index (χ4n) is 5.83. The molecule has 27 heavy (non-hydrogen) atoms. The van der Waals surface area contributed by atoms with Crippen LogP contribution in [-0.2, 0) is 0 Å². The predicted molar refractivity (Wildman–Crippen MR) is 119 cm³/mol. The third-order valence-corrected chi connectivity index (χ3v) is 12.0. The Morgan fingerprint density at radius 3 is 1.26 bits per heavy atom. The fourth-order valence-corrected chi connectivity index (χ4v) is 11.3. The molecule has 3 saturated carbocycles. The highest BCUT2D eigenvalue weighted by Gasteiger charge is 2.57. The summed E-state index contributed by atoms with van der Waals surface area (Å²) in [5.41, 5.74) is 0.789. The monoisotopic (exact) mass is 371 g/mol. The van der Waals surface area contributed by atoms with E-state index in [1.807, 2.05) is 0 Å². The molecule has 3 aromatic carbocycles. The lowest BCUT2D eigenvalue weighted by atomic mass is 9.70. The maximum atomic E-state index is 2.41. The van der Waals surface area contributed by atoms with Gasteiger partial charge >= 0.3 is 0 Å². The second-order valence-electron chi connectivity index (χ2n) is 8.31. The lowest BCUT2D eigenvalue weighted by molar-refractivity contribution is 0.182. The van der Waals surface area contributed by atoms with Crippen molar-refractivity contribution in [3.8, 4) is 0 Å². The molecule has 6 rings (SSSR count). The molecule has 0 nitrogen and oxygen atoms in total. The van der Waals surface area contributed by atoms with Gasteiger partial charge in [-0.15, -0.1) is 0 Å². The van der Waals surface area contributed by atoms with E-state index < -0.39 is 7.26 Å². The number of benzene rings is 3. The van der Waals surface area contributed by atoms with Gasteiger partial charge in [-0.25, -0.2) is 0 Å². The van der Waals surface area contributed by atoms with Crippen LogP contribution < -0.4 is 15.9 Å². The zero-order valence-corrected chi connectivity index (χ0v) is 16.8. The summed E-state index contributed by atoms with van der Waals surface area (Å²) < 4.78 is 0. The van der Waals surface area contributed by atoms with Crippen LogP contribution in [0.3, 0.4) is 0 Å². The van der Waals surface area contributed by atoms with Crippen molar-refractivity contribution in [3.05, 3.63) is 91.0 Å². The number of hydrogen-bond donors (Lipinski definition) is 0. The molecule has 0 radical (unpaired) electrons. The molecule has 3 aliphatic carbocycles. The summed E-state index contributed by atoms with van der Waals surface area (Å²) >= 11 is 0. The average Bonchev–Trinajstić information content (AvgIpc) is 2.78. The lowest BCUT2D eigenvalue weighted by Gasteiger charge is -2.47. The van der Waals surface area contributed by atoms with E-state index in [-0.39, 0.29) is 0 Å². The van der Waals surface area contributed by atoms with E-state index >= 15 is 0 Å². The Morgan fingerprint density at radius 2 is 0.926 bits per heavy atom. The third-order valence-electron chi connectivity index (χ3n) is 7.00. The van der Waals surface area contributed by atoms with Crippen molar-refractivity contribution >= 4 is 23.2 Å². The van der Waals surface area contributed by atoms with E-state index in [9.17, 15) is 0 Å². The largest absolute Gasteiger partial charge is 0.115 e. The van der Waals surface area contributed by atoms with Gasteiger partial charge in [-0.3, -0.25) is 0 Å². The summed E-state index contributed by atoms with van der Waals surface area (Å²) in [6.07, 6.45) is 7.20. The molecule has 2 bridgehead atoms. The molecule has 3 aromatic rings. The fraction of sp³-hybridized carbons (Fsp3) is 0.308. The number of hydrogen-bond acceptors (Lipinski definition) is 0. The molecular formula is C26H28P+. The van der Waals surface area contributed by atoms with Crippen LogP contribution in [0.4, 0.5) is 0 Å². The van der Waals surface area contributed by atoms with E-state index in [0.717, 1.165) is 17.5 Å². The summed E-state index contributed by atoms with van der Waals surface area (Å²) in [4.78, 5) is 0. The maximum absolute atomic E-state index is 2.41. The average molecular weight is 371 g/mol. The molecule has 0 aromatic heterocycles. The summed E-state index contributed by atoms with van der Waals surface area (Å²) in [5, 5.41) is 4.71. The van der Waals surface area contributed by atoms with Gasteiger partial charge in [0.15, 0.2) is 0 Å². The van der Waals surface area contributed by atoms with Crippen molar-refractivity contribution in [3.63, 3.8) is 0 Å². The van der Waals surface area contributed by atoms with Gasteiger partial charge in [0.1, 0.15) is 23.2 Å². The molecule has 3 fully saturated rings. The van der Waals surface area contributed by atoms with E-state index in [1.165, 1.54) is 32.1 Å². The van der Waals surface area contributed by atoms with E-state index in [4.69, 9.17) is 0 Å². The minimum absolute atomic E-state index is 0.789. The van der Waals surface area contributed by atoms with E-state index in [1.54, 1.807) is 15.9 Å². The molecule has 0 heterocycles. The highest BCUT2D eigenvalue weighted by atomic mass is 31.2. The summed E-state index contributed by atoms with van der Waals surface area (Å²) in [7, 11) is -1.67. The van der Waals surface area contributed by atoms with Gasteiger partial charge < -0.3 is 0 Å². The Labute approximate surface area is 164 Å². The van der Waals surface area contributed by atoms with Crippen LogP contribution in [-0.4, -0.2) is 5.66 Å². The van der Waals surface area contributed by atoms with Crippen LogP contribution >= 0.6 is 7.26 Å². The summed E-state index contributed by atoms with van der Waals surface area (Å²) in [6, 6.07) is 34.5. The van der Waals surface area contributed by atoms with Crippen LogP contribution in [0.2, 0.25) is 0 Å². The number of fused-ring (bicyclic) bond motifs is 3. The highest BCUT2D eigenvalue weighted by Crippen LogP contribution is 2.67. The van der Waals surface area contributed by atoms with Gasteiger partial charge in [0.2, 0.25) is 0 Å². The number of rotatable bonds is 4. The van der Waals surface area contributed by atoms with Crippen molar-refractivity contribution in [2.75, 3.05) is 0 Å². The molecule has 0 saturated heterocycles. The molecule has 1 heteroatoms. The van der Waals surface area contributed by atoms with Crippen LogP contribution in [0, 0.1) is 11.8 Å². The normalized spacial score (nSPS) is 24.7. The SMILES string of the molecule is c1ccc([P+](c2ccccc2)(c2ccccc2)C2CC3CCC2CC3)cc1. The third kappa shape index (κ3) is 2.86.